The van der Waals surface area contributed by atoms with E-state index < -0.39 is 5.97 Å². The number of carboxylic acid groups (broad SMARTS) is 1. The number of nitrogens with one attached hydrogen (secondary N) is 2. The summed E-state index contributed by atoms with van der Waals surface area (Å²) in [6.07, 6.45) is 0.940. The summed E-state index contributed by atoms with van der Waals surface area (Å²) in [5.74, 6) is -1.19. The first kappa shape index (κ1) is 7.41. The molecule has 0 spiro atoms. The van der Waals surface area contributed by atoms with Crippen molar-refractivity contribution in [2.75, 3.05) is 0 Å². The quantitative estimate of drug-likeness (QED) is 0.184. The molecule has 0 atom stereocenters. The number of hydrazone groups is 1. The van der Waals surface area contributed by atoms with Crippen LogP contribution in [0.2, 0.25) is 0 Å². The van der Waals surface area contributed by atoms with Crippen LogP contribution in [0.3, 0.4) is 0 Å². The van der Waals surface area contributed by atoms with Crippen molar-refractivity contribution in [3.63, 3.8) is 0 Å². The summed E-state index contributed by atoms with van der Waals surface area (Å²) in [6, 6.07) is 0. The molecule has 0 aliphatic rings. The summed E-state index contributed by atoms with van der Waals surface area (Å²) in [7, 11) is 0. The molecule has 50 valence electrons. The van der Waals surface area contributed by atoms with Crippen molar-refractivity contribution in [3.8, 4) is 0 Å². The van der Waals surface area contributed by atoms with Gasteiger partial charge in [-0.1, -0.05) is 0 Å². The molecule has 0 saturated carbocycles. The average molecular weight is 131 g/mol. The summed E-state index contributed by atoms with van der Waals surface area (Å²) in [4.78, 5) is 19.1. The van der Waals surface area contributed by atoms with Gasteiger partial charge in [0.25, 0.3) is 0 Å². The molecule has 9 heavy (non-hydrogen) atoms. The van der Waals surface area contributed by atoms with Crippen LogP contribution in [0.15, 0.2) is 5.10 Å². The fourth-order valence-electron chi connectivity index (χ4n) is 0.151. The van der Waals surface area contributed by atoms with E-state index in [0.717, 1.165) is 0 Å². The van der Waals surface area contributed by atoms with E-state index >= 15 is 0 Å². The van der Waals surface area contributed by atoms with Gasteiger partial charge in [-0.15, -0.1) is 0 Å². The number of rotatable bonds is 4. The molecule has 0 radical (unpaired) electrons. The topological polar surface area (TPSA) is 90.8 Å². The second-order valence-electron chi connectivity index (χ2n) is 0.970. The van der Waals surface area contributed by atoms with Gasteiger partial charge in [-0.2, -0.15) is 5.10 Å². The Morgan fingerprint density at radius 3 is 2.78 bits per heavy atom. The van der Waals surface area contributed by atoms with Crippen molar-refractivity contribution in [2.24, 2.45) is 5.10 Å². The van der Waals surface area contributed by atoms with Gasteiger partial charge in [0.05, 0.1) is 0 Å². The lowest BCUT2D eigenvalue weighted by Gasteiger charge is -1.89. The Balaban J connectivity index is 3.24. The van der Waals surface area contributed by atoms with E-state index in [1.54, 1.807) is 0 Å². The highest BCUT2D eigenvalue weighted by molar-refractivity contribution is 6.21. The molecule has 0 rings (SSSR count). The summed E-state index contributed by atoms with van der Waals surface area (Å²) in [5.41, 5.74) is 3.85. The predicted octanol–water partition coefficient (Wildman–Crippen LogP) is -1.69. The molecule has 0 aromatic heterocycles. The molecule has 6 nitrogen and oxygen atoms in total. The maximum absolute atomic E-state index is 9.66. The number of carboxylic acids is 1. The number of aliphatic carboxylic acids is 1. The van der Waals surface area contributed by atoms with Crippen LogP contribution in [0, 0.1) is 0 Å². The van der Waals surface area contributed by atoms with Crippen molar-refractivity contribution in [1.82, 2.24) is 11.0 Å². The van der Waals surface area contributed by atoms with Crippen molar-refractivity contribution < 1.29 is 14.7 Å². The average Bonchev–Trinajstić information content (AvgIpc) is 1.80. The van der Waals surface area contributed by atoms with Gasteiger partial charge in [-0.3, -0.25) is 10.2 Å². The first-order valence-corrected chi connectivity index (χ1v) is 1.97. The summed E-state index contributed by atoms with van der Waals surface area (Å²) in [5, 5.41) is 11.0. The van der Waals surface area contributed by atoms with Crippen LogP contribution in [0.5, 0.6) is 0 Å². The lowest BCUT2D eigenvalue weighted by atomic mass is 10.8. The SMILES string of the molecule is O=CNNN=CC(=O)O. The standard InChI is InChI=1S/C3H5N3O3/c7-2-5-6-4-1-3(8)9/h1-2,6H,(H,5,7)(H,8,9). The Labute approximate surface area is 50.5 Å². The minimum atomic E-state index is -1.19. The summed E-state index contributed by atoms with van der Waals surface area (Å²) in [6.45, 7) is 0. The lowest BCUT2D eigenvalue weighted by molar-refractivity contribution is -0.128. The fourth-order valence-corrected chi connectivity index (χ4v) is 0.151. The van der Waals surface area contributed by atoms with Gasteiger partial charge in [-0.25, -0.2) is 10.3 Å². The van der Waals surface area contributed by atoms with Crippen LogP contribution < -0.4 is 11.0 Å². The molecule has 0 aromatic rings. The van der Waals surface area contributed by atoms with Gasteiger partial charge in [0.2, 0.25) is 6.41 Å². The predicted molar refractivity (Wildman–Crippen MR) is 28.5 cm³/mol. The largest absolute Gasteiger partial charge is 0.477 e. The van der Waals surface area contributed by atoms with E-state index in [2.05, 4.69) is 5.10 Å². The Hall–Kier alpha value is -1.59. The van der Waals surface area contributed by atoms with Gasteiger partial charge in [0, 0.05) is 0 Å². The maximum atomic E-state index is 9.66. The molecule has 0 aliphatic carbocycles. The smallest absolute Gasteiger partial charge is 0.348 e. The van der Waals surface area contributed by atoms with Gasteiger partial charge < -0.3 is 5.11 Å². The fraction of sp³-hybridized carbons (Fsp3) is 0. The van der Waals surface area contributed by atoms with Crippen LogP contribution in [0.4, 0.5) is 0 Å². The van der Waals surface area contributed by atoms with Crippen molar-refractivity contribution >= 4 is 18.6 Å². The van der Waals surface area contributed by atoms with E-state index in [-0.39, 0.29) is 0 Å². The number of nitrogens with zero attached hydrogens (tertiary/aromatic N) is 1. The van der Waals surface area contributed by atoms with Crippen LogP contribution >= 0.6 is 0 Å². The maximum Gasteiger partial charge on any atom is 0.348 e. The number of hydrogen-bond acceptors (Lipinski definition) is 4. The van der Waals surface area contributed by atoms with Crippen LogP contribution in [-0.2, 0) is 9.59 Å². The highest BCUT2D eigenvalue weighted by atomic mass is 16.4. The number of hydrazine groups is 1. The Kier molecular flexibility index (Phi) is 3.76. The minimum absolute atomic E-state index is 0.333. The van der Waals surface area contributed by atoms with Crippen LogP contribution in [0.1, 0.15) is 0 Å². The second kappa shape index (κ2) is 4.57. The lowest BCUT2D eigenvalue weighted by Crippen LogP contribution is -2.25. The van der Waals surface area contributed by atoms with Crippen LogP contribution in [0.25, 0.3) is 0 Å². The number of carbonyl (C=O) groups is 2. The molecule has 0 aliphatic heterocycles. The first-order chi connectivity index (χ1) is 4.27. The zero-order valence-electron chi connectivity index (χ0n) is 4.37. The van der Waals surface area contributed by atoms with Crippen molar-refractivity contribution in [2.45, 2.75) is 0 Å². The third-order valence-corrected chi connectivity index (χ3v) is 0.363. The van der Waals surface area contributed by atoms with Gasteiger partial charge in [0.1, 0.15) is 6.21 Å². The molecular formula is C3H5N3O3. The molecule has 0 saturated heterocycles. The number of carbonyl (C=O) groups excluding carboxylic acids is 1. The molecule has 0 fully saturated rings. The molecule has 0 aromatic carbocycles. The summed E-state index contributed by atoms with van der Waals surface area (Å²) >= 11 is 0. The second-order valence-corrected chi connectivity index (χ2v) is 0.970. The molecule has 0 bridgehead atoms. The Morgan fingerprint density at radius 2 is 2.33 bits per heavy atom. The van der Waals surface area contributed by atoms with Crippen molar-refractivity contribution in [1.29, 1.82) is 0 Å². The minimum Gasteiger partial charge on any atom is -0.477 e. The molecule has 0 heterocycles. The first-order valence-electron chi connectivity index (χ1n) is 1.97. The molecule has 6 heteroatoms. The molecule has 1 amide bonds. The molecule has 3 N–H and O–H groups in total. The van der Waals surface area contributed by atoms with Crippen molar-refractivity contribution in [3.05, 3.63) is 0 Å². The van der Waals surface area contributed by atoms with E-state index in [0.29, 0.717) is 12.6 Å². The normalized spacial score (nSPS) is 8.89. The number of amides is 1. The third-order valence-electron chi connectivity index (χ3n) is 0.363. The number of hydrogen-bond donors (Lipinski definition) is 3. The van der Waals surface area contributed by atoms with Gasteiger partial charge in [-0.05, 0) is 0 Å². The molecular weight excluding hydrogens is 126 g/mol. The van der Waals surface area contributed by atoms with Gasteiger partial charge >= 0.3 is 5.97 Å². The zero-order chi connectivity index (χ0) is 7.11. The van der Waals surface area contributed by atoms with Gasteiger partial charge in [0.15, 0.2) is 0 Å². The van der Waals surface area contributed by atoms with E-state index in [1.165, 1.54) is 0 Å². The van der Waals surface area contributed by atoms with E-state index in [9.17, 15) is 9.59 Å². The Bertz CT molecular complexity index is 132. The highest BCUT2D eigenvalue weighted by Crippen LogP contribution is 1.52. The highest BCUT2D eigenvalue weighted by Gasteiger charge is 1.82. The zero-order valence-corrected chi connectivity index (χ0v) is 4.37. The Morgan fingerprint density at radius 1 is 1.67 bits per heavy atom. The van der Waals surface area contributed by atoms with Crippen LogP contribution in [-0.4, -0.2) is 23.7 Å². The third kappa shape index (κ3) is 6.41. The monoisotopic (exact) mass is 131 g/mol. The summed E-state index contributed by atoms with van der Waals surface area (Å²) < 4.78 is 0. The molecule has 0 unspecified atom stereocenters. The van der Waals surface area contributed by atoms with E-state index in [4.69, 9.17) is 5.11 Å². The van der Waals surface area contributed by atoms with E-state index in [1.807, 2.05) is 11.0 Å².